The predicted octanol–water partition coefficient (Wildman–Crippen LogP) is 2.57. The topological polar surface area (TPSA) is 95.6 Å². The molecular weight excluding hydrogens is 327 g/mol. The van der Waals surface area contributed by atoms with Crippen LogP contribution in [0, 0.1) is 5.82 Å². The first-order valence-electron chi connectivity index (χ1n) is 7.48. The first-order chi connectivity index (χ1) is 12.1. The number of aromatic nitrogens is 1. The summed E-state index contributed by atoms with van der Waals surface area (Å²) in [6.07, 6.45) is 1.54. The van der Waals surface area contributed by atoms with Crippen LogP contribution in [0.5, 0.6) is 5.75 Å². The van der Waals surface area contributed by atoms with Crippen molar-refractivity contribution in [3.63, 3.8) is 0 Å². The fraction of sp³-hybridized carbons (Fsp3) is 0.111. The smallest absolute Gasteiger partial charge is 0.227 e. The molecular formula is C18H15FN2O4. The van der Waals surface area contributed by atoms with E-state index in [-0.39, 0.29) is 11.5 Å². The monoisotopic (exact) mass is 342 g/mol. The highest BCUT2D eigenvalue weighted by Gasteiger charge is 2.24. The predicted molar refractivity (Wildman–Crippen MR) is 88.7 cm³/mol. The van der Waals surface area contributed by atoms with E-state index in [1.807, 2.05) is 0 Å². The quantitative estimate of drug-likeness (QED) is 0.660. The molecule has 0 bridgehead atoms. The number of aromatic hydroxyl groups is 1. The molecule has 2 aromatic heterocycles. The van der Waals surface area contributed by atoms with E-state index in [0.29, 0.717) is 11.4 Å². The van der Waals surface area contributed by atoms with E-state index in [2.05, 4.69) is 10.3 Å². The molecule has 3 rings (SSSR count). The van der Waals surface area contributed by atoms with Gasteiger partial charge in [0, 0.05) is 18.0 Å². The molecule has 3 aromatic rings. The first kappa shape index (κ1) is 16.7. The van der Waals surface area contributed by atoms with Gasteiger partial charge in [0.15, 0.2) is 5.76 Å². The average molecular weight is 342 g/mol. The van der Waals surface area contributed by atoms with E-state index in [0.717, 1.165) is 6.07 Å². The highest BCUT2D eigenvalue weighted by Crippen LogP contribution is 2.30. The van der Waals surface area contributed by atoms with Crippen LogP contribution in [0.25, 0.3) is 0 Å². The van der Waals surface area contributed by atoms with Gasteiger partial charge in [0.25, 0.3) is 0 Å². The van der Waals surface area contributed by atoms with E-state index >= 15 is 0 Å². The molecule has 0 amide bonds. The summed E-state index contributed by atoms with van der Waals surface area (Å²) in [4.78, 5) is 16.1. The number of nitrogens with one attached hydrogen (secondary N) is 1. The zero-order chi connectivity index (χ0) is 17.8. The minimum Gasteiger partial charge on any atom is -0.502 e. The van der Waals surface area contributed by atoms with Gasteiger partial charge in [0.05, 0.1) is 5.69 Å². The molecule has 0 spiro atoms. The van der Waals surface area contributed by atoms with Crippen LogP contribution in [0.1, 0.15) is 23.3 Å². The lowest BCUT2D eigenvalue weighted by atomic mass is 10.1. The molecule has 0 saturated heterocycles. The lowest BCUT2D eigenvalue weighted by Crippen LogP contribution is -2.17. The molecule has 0 aliphatic heterocycles. The van der Waals surface area contributed by atoms with Gasteiger partial charge < -0.3 is 19.9 Å². The number of halogens is 1. The van der Waals surface area contributed by atoms with Gasteiger partial charge in [0.2, 0.25) is 11.2 Å². The van der Waals surface area contributed by atoms with Crippen molar-refractivity contribution in [3.8, 4) is 5.75 Å². The minimum atomic E-state index is -0.859. The third kappa shape index (κ3) is 3.67. The Kier molecular flexibility index (Phi) is 4.76. The Balaban J connectivity index is 2.12. The SMILES string of the molecule is O=c1cc(CO)oc(C(Nc2cccc(F)c2)c2ccccn2)c1O. The molecule has 25 heavy (non-hydrogen) atoms. The molecule has 7 heteroatoms. The zero-order valence-corrected chi connectivity index (χ0v) is 13.0. The van der Waals surface area contributed by atoms with Crippen LogP contribution in [-0.4, -0.2) is 15.2 Å². The fourth-order valence-corrected chi connectivity index (χ4v) is 2.39. The van der Waals surface area contributed by atoms with Gasteiger partial charge in [-0.3, -0.25) is 9.78 Å². The molecule has 0 radical (unpaired) electrons. The van der Waals surface area contributed by atoms with Crippen molar-refractivity contribution in [2.24, 2.45) is 0 Å². The van der Waals surface area contributed by atoms with Crippen LogP contribution < -0.4 is 10.7 Å². The summed E-state index contributed by atoms with van der Waals surface area (Å²) in [5.74, 6) is -1.16. The van der Waals surface area contributed by atoms with Crippen molar-refractivity contribution >= 4 is 5.69 Å². The molecule has 1 aromatic carbocycles. The summed E-state index contributed by atoms with van der Waals surface area (Å²) in [7, 11) is 0. The largest absolute Gasteiger partial charge is 0.502 e. The summed E-state index contributed by atoms with van der Waals surface area (Å²) in [5, 5.41) is 22.4. The fourth-order valence-electron chi connectivity index (χ4n) is 2.39. The summed E-state index contributed by atoms with van der Waals surface area (Å²) in [6, 6.07) is 11.0. The number of aliphatic hydroxyl groups is 1. The van der Waals surface area contributed by atoms with Gasteiger partial charge in [-0.2, -0.15) is 0 Å². The molecule has 0 aliphatic rings. The van der Waals surface area contributed by atoms with Crippen molar-refractivity contribution in [3.05, 3.63) is 88.0 Å². The van der Waals surface area contributed by atoms with Crippen LogP contribution in [0.15, 0.2) is 63.9 Å². The molecule has 0 fully saturated rings. The summed E-state index contributed by atoms with van der Waals surface area (Å²) >= 11 is 0. The Hall–Kier alpha value is -3.19. The molecule has 2 heterocycles. The maximum absolute atomic E-state index is 13.5. The Morgan fingerprint density at radius 3 is 2.72 bits per heavy atom. The van der Waals surface area contributed by atoms with Gasteiger partial charge in [-0.1, -0.05) is 12.1 Å². The Labute approximate surface area is 142 Å². The van der Waals surface area contributed by atoms with E-state index < -0.39 is 29.6 Å². The van der Waals surface area contributed by atoms with Crippen LogP contribution >= 0.6 is 0 Å². The molecule has 1 atom stereocenters. The van der Waals surface area contributed by atoms with Crippen LogP contribution in [0.3, 0.4) is 0 Å². The second-order valence-corrected chi connectivity index (χ2v) is 5.29. The standard InChI is InChI=1S/C18H15FN2O4/c19-11-4-3-5-12(8-11)21-16(14-6-1-2-7-20-14)18-17(24)15(23)9-13(10-22)25-18/h1-9,16,21-22,24H,10H2. The van der Waals surface area contributed by atoms with E-state index in [9.17, 15) is 19.4 Å². The number of anilines is 1. The van der Waals surface area contributed by atoms with Crippen molar-refractivity contribution in [2.45, 2.75) is 12.6 Å². The van der Waals surface area contributed by atoms with E-state index in [1.165, 1.54) is 18.2 Å². The normalized spacial score (nSPS) is 11.9. The van der Waals surface area contributed by atoms with Crippen molar-refractivity contribution in [1.82, 2.24) is 4.98 Å². The zero-order valence-electron chi connectivity index (χ0n) is 13.0. The maximum Gasteiger partial charge on any atom is 0.227 e. The molecule has 128 valence electrons. The summed E-state index contributed by atoms with van der Waals surface area (Å²) in [6.45, 7) is -0.503. The molecule has 3 N–H and O–H groups in total. The number of hydrogen-bond donors (Lipinski definition) is 3. The second kappa shape index (κ2) is 7.14. The minimum absolute atomic E-state index is 0.000210. The highest BCUT2D eigenvalue weighted by atomic mass is 19.1. The van der Waals surface area contributed by atoms with Gasteiger partial charge in [-0.15, -0.1) is 0 Å². The van der Waals surface area contributed by atoms with Crippen LogP contribution in [0.4, 0.5) is 10.1 Å². The Morgan fingerprint density at radius 2 is 2.04 bits per heavy atom. The number of pyridine rings is 1. The van der Waals surface area contributed by atoms with E-state index in [4.69, 9.17) is 4.42 Å². The van der Waals surface area contributed by atoms with Gasteiger partial charge in [-0.25, -0.2) is 4.39 Å². The number of nitrogens with zero attached hydrogens (tertiary/aromatic N) is 1. The first-order valence-corrected chi connectivity index (χ1v) is 7.48. The van der Waals surface area contributed by atoms with Crippen molar-refractivity contribution < 1.29 is 19.0 Å². The second-order valence-electron chi connectivity index (χ2n) is 5.29. The van der Waals surface area contributed by atoms with Crippen molar-refractivity contribution in [1.29, 1.82) is 0 Å². The van der Waals surface area contributed by atoms with Gasteiger partial charge >= 0.3 is 0 Å². The van der Waals surface area contributed by atoms with Crippen LogP contribution in [-0.2, 0) is 6.61 Å². The average Bonchev–Trinajstić information content (AvgIpc) is 2.63. The van der Waals surface area contributed by atoms with Crippen LogP contribution in [0.2, 0.25) is 0 Å². The molecule has 1 unspecified atom stereocenters. The molecule has 0 aliphatic carbocycles. The molecule has 0 saturated carbocycles. The number of hydrogen-bond acceptors (Lipinski definition) is 6. The van der Waals surface area contributed by atoms with Gasteiger partial charge in [0.1, 0.15) is 24.2 Å². The summed E-state index contributed by atoms with van der Waals surface area (Å²) < 4.78 is 18.9. The highest BCUT2D eigenvalue weighted by molar-refractivity contribution is 5.48. The van der Waals surface area contributed by atoms with Crippen molar-refractivity contribution in [2.75, 3.05) is 5.32 Å². The Morgan fingerprint density at radius 1 is 1.20 bits per heavy atom. The van der Waals surface area contributed by atoms with Gasteiger partial charge in [-0.05, 0) is 30.3 Å². The number of rotatable bonds is 5. The Bertz CT molecular complexity index is 928. The third-order valence-corrected chi connectivity index (χ3v) is 3.54. The summed E-state index contributed by atoms with van der Waals surface area (Å²) in [5.41, 5.74) is 0.166. The molecule has 6 nitrogen and oxygen atoms in total. The lowest BCUT2D eigenvalue weighted by molar-refractivity contribution is 0.234. The third-order valence-electron chi connectivity index (χ3n) is 3.54. The maximum atomic E-state index is 13.5. The number of benzene rings is 1. The van der Waals surface area contributed by atoms with E-state index in [1.54, 1.807) is 30.5 Å². The number of aliphatic hydroxyl groups excluding tert-OH is 1. The lowest BCUT2D eigenvalue weighted by Gasteiger charge is -2.20.